The van der Waals surface area contributed by atoms with Crippen molar-refractivity contribution in [3.63, 3.8) is 0 Å². The zero-order valence-electron chi connectivity index (χ0n) is 19.5. The lowest BCUT2D eigenvalue weighted by Crippen LogP contribution is -2.25. The van der Waals surface area contributed by atoms with Gasteiger partial charge in [-0.05, 0) is 86.4 Å². The minimum Gasteiger partial charge on any atom is -0.426 e. The zero-order chi connectivity index (χ0) is 22.8. The van der Waals surface area contributed by atoms with Crippen LogP contribution >= 0.6 is 0 Å². The lowest BCUT2D eigenvalue weighted by Gasteiger charge is -2.27. The molecule has 0 N–H and O–H groups in total. The minimum absolute atomic E-state index is 0.0159. The van der Waals surface area contributed by atoms with Gasteiger partial charge in [0.05, 0.1) is 11.5 Å². The van der Waals surface area contributed by atoms with Crippen molar-refractivity contribution in [1.29, 1.82) is 0 Å². The average molecular weight is 437 g/mol. The SMILES string of the molecule is CCCCc1ccc(OC(=O)c2ccc(OC(=O)[C@H]3CC[C@H](CCCC)CC3)cc2)cc1. The van der Waals surface area contributed by atoms with Crippen LogP contribution < -0.4 is 9.47 Å². The highest BCUT2D eigenvalue weighted by atomic mass is 16.5. The average Bonchev–Trinajstić information content (AvgIpc) is 2.83. The first kappa shape index (κ1) is 24.0. The maximum atomic E-state index is 12.5. The van der Waals surface area contributed by atoms with Crippen LogP contribution in [-0.2, 0) is 11.2 Å². The third-order valence-electron chi connectivity index (χ3n) is 6.41. The van der Waals surface area contributed by atoms with E-state index in [1.807, 2.05) is 24.3 Å². The van der Waals surface area contributed by atoms with E-state index in [0.717, 1.165) is 50.9 Å². The third-order valence-corrected chi connectivity index (χ3v) is 6.41. The van der Waals surface area contributed by atoms with E-state index in [2.05, 4.69) is 13.8 Å². The first-order valence-electron chi connectivity index (χ1n) is 12.2. The molecule has 0 atom stereocenters. The van der Waals surface area contributed by atoms with Crippen LogP contribution in [0.1, 0.15) is 87.6 Å². The van der Waals surface area contributed by atoms with Crippen LogP contribution in [0.25, 0.3) is 0 Å². The van der Waals surface area contributed by atoms with Crippen molar-refractivity contribution in [1.82, 2.24) is 0 Å². The summed E-state index contributed by atoms with van der Waals surface area (Å²) in [5, 5.41) is 0. The fourth-order valence-electron chi connectivity index (χ4n) is 4.31. The molecule has 0 aliphatic heterocycles. The second kappa shape index (κ2) is 12.4. The summed E-state index contributed by atoms with van der Waals surface area (Å²) in [5.41, 5.74) is 1.67. The number of hydrogen-bond donors (Lipinski definition) is 0. The van der Waals surface area contributed by atoms with Crippen LogP contribution in [0, 0.1) is 11.8 Å². The van der Waals surface area contributed by atoms with Crippen LogP contribution in [0.3, 0.4) is 0 Å². The zero-order valence-corrected chi connectivity index (χ0v) is 19.5. The van der Waals surface area contributed by atoms with Gasteiger partial charge in [-0.3, -0.25) is 4.79 Å². The number of benzene rings is 2. The number of carbonyl (C=O) groups excluding carboxylic acids is 2. The Morgan fingerprint density at radius 3 is 2.00 bits per heavy atom. The number of rotatable bonds is 10. The molecule has 0 amide bonds. The molecule has 172 valence electrons. The first-order valence-corrected chi connectivity index (χ1v) is 12.2. The molecular formula is C28H36O4. The van der Waals surface area contributed by atoms with Gasteiger partial charge < -0.3 is 9.47 Å². The van der Waals surface area contributed by atoms with E-state index < -0.39 is 5.97 Å². The Kier molecular flexibility index (Phi) is 9.33. The molecule has 32 heavy (non-hydrogen) atoms. The van der Waals surface area contributed by atoms with Crippen molar-refractivity contribution in [3.05, 3.63) is 59.7 Å². The van der Waals surface area contributed by atoms with Crippen LogP contribution in [0.4, 0.5) is 0 Å². The van der Waals surface area contributed by atoms with E-state index in [1.165, 1.54) is 24.8 Å². The van der Waals surface area contributed by atoms with Crippen molar-refractivity contribution < 1.29 is 19.1 Å². The largest absolute Gasteiger partial charge is 0.426 e. The monoisotopic (exact) mass is 436 g/mol. The number of unbranched alkanes of at least 4 members (excludes halogenated alkanes) is 2. The maximum absolute atomic E-state index is 12.5. The normalized spacial score (nSPS) is 18.2. The quantitative estimate of drug-likeness (QED) is 0.293. The van der Waals surface area contributed by atoms with E-state index in [9.17, 15) is 9.59 Å². The highest BCUT2D eigenvalue weighted by Gasteiger charge is 2.27. The Hall–Kier alpha value is -2.62. The molecule has 1 fully saturated rings. The minimum atomic E-state index is -0.422. The van der Waals surface area contributed by atoms with Gasteiger partial charge in [-0.15, -0.1) is 0 Å². The predicted octanol–water partition coefficient (Wildman–Crippen LogP) is 7.15. The van der Waals surface area contributed by atoms with Crippen LogP contribution in [0.2, 0.25) is 0 Å². The summed E-state index contributed by atoms with van der Waals surface area (Å²) in [6.07, 6.45) is 11.2. The number of esters is 2. The van der Waals surface area contributed by atoms with Gasteiger partial charge in [-0.2, -0.15) is 0 Å². The molecular weight excluding hydrogens is 400 g/mol. The fourth-order valence-corrected chi connectivity index (χ4v) is 4.31. The summed E-state index contributed by atoms with van der Waals surface area (Å²) in [6.45, 7) is 4.39. The maximum Gasteiger partial charge on any atom is 0.343 e. The molecule has 0 heterocycles. The molecule has 2 aromatic rings. The molecule has 0 radical (unpaired) electrons. The second-order valence-electron chi connectivity index (χ2n) is 8.94. The lowest BCUT2D eigenvalue weighted by molar-refractivity contribution is -0.140. The highest BCUT2D eigenvalue weighted by molar-refractivity contribution is 5.91. The van der Waals surface area contributed by atoms with Crippen molar-refractivity contribution in [2.75, 3.05) is 0 Å². The summed E-state index contributed by atoms with van der Waals surface area (Å²) in [6, 6.07) is 14.3. The predicted molar refractivity (Wildman–Crippen MR) is 127 cm³/mol. The Labute approximate surface area is 192 Å². The molecule has 1 aliphatic carbocycles. The van der Waals surface area contributed by atoms with Crippen LogP contribution in [-0.4, -0.2) is 11.9 Å². The molecule has 1 aliphatic rings. The van der Waals surface area contributed by atoms with Gasteiger partial charge in [0.1, 0.15) is 11.5 Å². The molecule has 4 heteroatoms. The molecule has 0 saturated heterocycles. The lowest BCUT2D eigenvalue weighted by atomic mass is 9.80. The highest BCUT2D eigenvalue weighted by Crippen LogP contribution is 2.33. The van der Waals surface area contributed by atoms with Gasteiger partial charge in [0.2, 0.25) is 0 Å². The van der Waals surface area contributed by atoms with Gasteiger partial charge in [-0.1, -0.05) is 51.7 Å². The van der Waals surface area contributed by atoms with E-state index in [-0.39, 0.29) is 11.9 Å². The topological polar surface area (TPSA) is 52.6 Å². The van der Waals surface area contributed by atoms with Gasteiger partial charge >= 0.3 is 11.9 Å². The second-order valence-corrected chi connectivity index (χ2v) is 8.94. The Bertz CT molecular complexity index is 846. The van der Waals surface area contributed by atoms with Gasteiger partial charge in [0.25, 0.3) is 0 Å². The first-order chi connectivity index (χ1) is 15.6. The molecule has 0 aromatic heterocycles. The Balaban J connectivity index is 1.47. The number of ether oxygens (including phenoxy) is 2. The fraction of sp³-hybridized carbons (Fsp3) is 0.500. The van der Waals surface area contributed by atoms with Crippen molar-refractivity contribution in [2.45, 2.75) is 78.1 Å². The summed E-state index contributed by atoms with van der Waals surface area (Å²) in [7, 11) is 0. The van der Waals surface area contributed by atoms with Crippen molar-refractivity contribution in [2.24, 2.45) is 11.8 Å². The molecule has 0 unspecified atom stereocenters. The van der Waals surface area contributed by atoms with Crippen molar-refractivity contribution >= 4 is 11.9 Å². The molecule has 1 saturated carbocycles. The van der Waals surface area contributed by atoms with E-state index in [4.69, 9.17) is 9.47 Å². The van der Waals surface area contributed by atoms with Gasteiger partial charge in [0, 0.05) is 0 Å². The summed E-state index contributed by atoms with van der Waals surface area (Å²) in [5.74, 6) is 1.17. The molecule has 2 aromatic carbocycles. The number of aryl methyl sites for hydroxylation is 1. The standard InChI is InChI=1S/C28H36O4/c1-3-5-7-21-9-13-23(14-10-21)27(29)32-26-19-15-24(16-20-26)28(30)31-25-17-11-22(12-18-25)8-6-4-2/h11-12,15-21,23H,3-10,13-14H2,1-2H3/t21-,23-. The Morgan fingerprint density at radius 1 is 0.781 bits per heavy atom. The molecule has 0 bridgehead atoms. The van der Waals surface area contributed by atoms with Crippen LogP contribution in [0.15, 0.2) is 48.5 Å². The third kappa shape index (κ3) is 7.22. The van der Waals surface area contributed by atoms with Gasteiger partial charge in [0.15, 0.2) is 0 Å². The molecule has 4 nitrogen and oxygen atoms in total. The summed E-state index contributed by atoms with van der Waals surface area (Å²) < 4.78 is 11.0. The Morgan fingerprint density at radius 2 is 1.38 bits per heavy atom. The number of hydrogen-bond acceptors (Lipinski definition) is 4. The molecule has 0 spiro atoms. The summed E-state index contributed by atoms with van der Waals surface area (Å²) >= 11 is 0. The number of carbonyl (C=O) groups is 2. The van der Waals surface area contributed by atoms with E-state index in [1.54, 1.807) is 24.3 Å². The summed E-state index contributed by atoms with van der Waals surface area (Å²) in [4.78, 5) is 25.0. The van der Waals surface area contributed by atoms with Crippen molar-refractivity contribution in [3.8, 4) is 11.5 Å². The van der Waals surface area contributed by atoms with E-state index >= 15 is 0 Å². The van der Waals surface area contributed by atoms with Gasteiger partial charge in [-0.25, -0.2) is 4.79 Å². The smallest absolute Gasteiger partial charge is 0.343 e. The van der Waals surface area contributed by atoms with Crippen LogP contribution in [0.5, 0.6) is 11.5 Å². The molecule has 3 rings (SSSR count). The van der Waals surface area contributed by atoms with E-state index in [0.29, 0.717) is 17.1 Å².